The zero-order valence-corrected chi connectivity index (χ0v) is 13.3. The summed E-state index contributed by atoms with van der Waals surface area (Å²) in [6.45, 7) is 10.6. The van der Waals surface area contributed by atoms with Gasteiger partial charge in [-0.2, -0.15) is 5.01 Å². The summed E-state index contributed by atoms with van der Waals surface area (Å²) in [5.74, 6) is 4.48. The Hall–Kier alpha value is -1.14. The van der Waals surface area contributed by atoms with Crippen LogP contribution in [0.2, 0.25) is 0 Å². The molecule has 2 amide bonds. The summed E-state index contributed by atoms with van der Waals surface area (Å²) in [5, 5.41) is 10.2. The van der Waals surface area contributed by atoms with Crippen molar-refractivity contribution in [1.29, 1.82) is 0 Å². The SMILES string of the molecule is CC[C@H](O)CC(C(=O)N(N)C(=O)OC(C)(C)C)C(C)C. The molecule has 6 heteroatoms. The van der Waals surface area contributed by atoms with Gasteiger partial charge in [-0.05, 0) is 39.5 Å². The minimum atomic E-state index is -0.876. The first-order valence-electron chi connectivity index (χ1n) is 6.99. The Balaban J connectivity index is 4.85. The van der Waals surface area contributed by atoms with Gasteiger partial charge in [0, 0.05) is 5.92 Å². The van der Waals surface area contributed by atoms with Crippen LogP contribution in [0.3, 0.4) is 0 Å². The second-order valence-electron chi connectivity index (χ2n) is 6.34. The van der Waals surface area contributed by atoms with Gasteiger partial charge in [-0.25, -0.2) is 10.6 Å². The second kappa shape index (κ2) is 7.59. The number of rotatable bonds is 5. The fourth-order valence-electron chi connectivity index (χ4n) is 1.70. The summed E-state index contributed by atoms with van der Waals surface area (Å²) >= 11 is 0. The molecule has 20 heavy (non-hydrogen) atoms. The smallest absolute Gasteiger partial charge is 0.431 e. The van der Waals surface area contributed by atoms with Crippen LogP contribution >= 0.6 is 0 Å². The van der Waals surface area contributed by atoms with E-state index in [1.165, 1.54) is 0 Å². The van der Waals surface area contributed by atoms with E-state index < -0.39 is 29.6 Å². The first kappa shape index (κ1) is 18.9. The van der Waals surface area contributed by atoms with Gasteiger partial charge in [0.2, 0.25) is 5.91 Å². The Morgan fingerprint density at radius 2 is 1.80 bits per heavy atom. The van der Waals surface area contributed by atoms with Crippen molar-refractivity contribution in [2.24, 2.45) is 17.7 Å². The van der Waals surface area contributed by atoms with E-state index in [0.717, 1.165) is 0 Å². The highest BCUT2D eigenvalue weighted by Gasteiger charge is 2.32. The number of imide groups is 1. The number of ether oxygens (including phenoxy) is 1. The molecule has 0 aromatic heterocycles. The first-order chi connectivity index (χ1) is 8.99. The highest BCUT2D eigenvalue weighted by molar-refractivity contribution is 5.92. The highest BCUT2D eigenvalue weighted by atomic mass is 16.6. The highest BCUT2D eigenvalue weighted by Crippen LogP contribution is 2.21. The number of aliphatic hydroxyl groups is 1. The first-order valence-corrected chi connectivity index (χ1v) is 6.99. The lowest BCUT2D eigenvalue weighted by atomic mass is 9.88. The summed E-state index contributed by atoms with van der Waals surface area (Å²) in [5.41, 5.74) is -0.717. The number of aliphatic hydroxyl groups excluding tert-OH is 1. The van der Waals surface area contributed by atoms with Crippen molar-refractivity contribution in [3.63, 3.8) is 0 Å². The fourth-order valence-corrected chi connectivity index (χ4v) is 1.70. The van der Waals surface area contributed by atoms with Crippen LogP contribution in [0.4, 0.5) is 4.79 Å². The molecule has 0 heterocycles. The molecular weight excluding hydrogens is 260 g/mol. The third-order valence-electron chi connectivity index (χ3n) is 2.95. The number of hydrogen-bond acceptors (Lipinski definition) is 5. The number of nitrogens with two attached hydrogens (primary N) is 1. The summed E-state index contributed by atoms with van der Waals surface area (Å²) in [4.78, 5) is 24.0. The molecule has 0 aliphatic heterocycles. The summed E-state index contributed by atoms with van der Waals surface area (Å²) < 4.78 is 5.06. The van der Waals surface area contributed by atoms with E-state index in [0.29, 0.717) is 11.4 Å². The van der Waals surface area contributed by atoms with Crippen molar-refractivity contribution in [2.45, 2.75) is 66.1 Å². The van der Waals surface area contributed by atoms with Gasteiger partial charge in [0.1, 0.15) is 5.60 Å². The third-order valence-corrected chi connectivity index (χ3v) is 2.95. The number of nitrogens with zero attached hydrogens (tertiary/aromatic N) is 1. The van der Waals surface area contributed by atoms with Crippen molar-refractivity contribution in [1.82, 2.24) is 5.01 Å². The van der Waals surface area contributed by atoms with Gasteiger partial charge in [0.15, 0.2) is 0 Å². The van der Waals surface area contributed by atoms with Gasteiger partial charge in [0.25, 0.3) is 0 Å². The normalized spacial score (nSPS) is 14.8. The van der Waals surface area contributed by atoms with Gasteiger partial charge < -0.3 is 9.84 Å². The lowest BCUT2D eigenvalue weighted by molar-refractivity contribution is -0.137. The average molecular weight is 288 g/mol. The van der Waals surface area contributed by atoms with Crippen LogP contribution in [0.25, 0.3) is 0 Å². The van der Waals surface area contributed by atoms with Gasteiger partial charge >= 0.3 is 6.09 Å². The zero-order chi connectivity index (χ0) is 16.1. The van der Waals surface area contributed by atoms with E-state index in [2.05, 4.69) is 0 Å². The lowest BCUT2D eigenvalue weighted by Crippen LogP contribution is -2.49. The maximum absolute atomic E-state index is 12.3. The number of hydrazine groups is 1. The summed E-state index contributed by atoms with van der Waals surface area (Å²) in [6, 6.07) is 0. The second-order valence-corrected chi connectivity index (χ2v) is 6.34. The molecule has 0 saturated carbocycles. The van der Waals surface area contributed by atoms with Gasteiger partial charge in [-0.1, -0.05) is 20.8 Å². The summed E-state index contributed by atoms with van der Waals surface area (Å²) in [7, 11) is 0. The largest absolute Gasteiger partial charge is 0.442 e. The molecular formula is C14H28N2O4. The van der Waals surface area contributed by atoms with Crippen molar-refractivity contribution in [2.75, 3.05) is 0 Å². The van der Waals surface area contributed by atoms with E-state index in [4.69, 9.17) is 10.6 Å². The molecule has 0 radical (unpaired) electrons. The Kier molecular flexibility index (Phi) is 7.16. The van der Waals surface area contributed by atoms with E-state index in [9.17, 15) is 14.7 Å². The number of amides is 2. The Bertz CT molecular complexity index is 337. The molecule has 0 aromatic rings. The standard InChI is InChI=1S/C14H28N2O4/c1-7-10(17)8-11(9(2)3)12(18)16(15)13(19)20-14(4,5)6/h9-11,17H,7-8,15H2,1-6H3/t10-,11?/m0/s1. The van der Waals surface area contributed by atoms with Crippen LogP contribution in [0.5, 0.6) is 0 Å². The minimum absolute atomic E-state index is 0.0304. The zero-order valence-electron chi connectivity index (χ0n) is 13.3. The van der Waals surface area contributed by atoms with Crippen LogP contribution in [-0.4, -0.2) is 33.8 Å². The average Bonchev–Trinajstić information content (AvgIpc) is 2.31. The quantitative estimate of drug-likeness (QED) is 0.459. The van der Waals surface area contributed by atoms with E-state index >= 15 is 0 Å². The Morgan fingerprint density at radius 1 is 1.30 bits per heavy atom. The molecule has 3 N–H and O–H groups in total. The molecule has 0 fully saturated rings. The molecule has 1 unspecified atom stereocenters. The fraction of sp³-hybridized carbons (Fsp3) is 0.857. The Morgan fingerprint density at radius 3 is 2.15 bits per heavy atom. The predicted molar refractivity (Wildman–Crippen MR) is 76.5 cm³/mol. The van der Waals surface area contributed by atoms with Crippen LogP contribution in [-0.2, 0) is 9.53 Å². The molecule has 0 bridgehead atoms. The lowest BCUT2D eigenvalue weighted by Gasteiger charge is -2.28. The van der Waals surface area contributed by atoms with Crippen molar-refractivity contribution < 1.29 is 19.4 Å². The van der Waals surface area contributed by atoms with E-state index in [1.807, 2.05) is 20.8 Å². The van der Waals surface area contributed by atoms with Crippen LogP contribution < -0.4 is 5.84 Å². The number of hydrogen-bond donors (Lipinski definition) is 2. The topological polar surface area (TPSA) is 92.9 Å². The molecule has 0 aliphatic rings. The number of carbonyl (C=O) groups is 2. The van der Waals surface area contributed by atoms with Gasteiger partial charge in [0.05, 0.1) is 6.10 Å². The summed E-state index contributed by atoms with van der Waals surface area (Å²) in [6.07, 6.45) is -0.630. The molecule has 0 aliphatic carbocycles. The monoisotopic (exact) mass is 288 g/mol. The van der Waals surface area contributed by atoms with Gasteiger partial charge in [-0.15, -0.1) is 0 Å². The molecule has 0 aromatic carbocycles. The van der Waals surface area contributed by atoms with Gasteiger partial charge in [-0.3, -0.25) is 4.79 Å². The van der Waals surface area contributed by atoms with Crippen LogP contribution in [0.15, 0.2) is 0 Å². The maximum Gasteiger partial charge on any atom is 0.431 e. The van der Waals surface area contributed by atoms with Crippen molar-refractivity contribution in [3.05, 3.63) is 0 Å². The maximum atomic E-state index is 12.3. The number of carbonyl (C=O) groups excluding carboxylic acids is 2. The molecule has 2 atom stereocenters. The van der Waals surface area contributed by atoms with Crippen LogP contribution in [0.1, 0.15) is 54.4 Å². The molecule has 0 saturated heterocycles. The van der Waals surface area contributed by atoms with Crippen LogP contribution in [0, 0.1) is 11.8 Å². The predicted octanol–water partition coefficient (Wildman–Crippen LogP) is 2.06. The van der Waals surface area contributed by atoms with E-state index in [-0.39, 0.29) is 12.3 Å². The van der Waals surface area contributed by atoms with E-state index in [1.54, 1.807) is 20.8 Å². The van der Waals surface area contributed by atoms with Crippen molar-refractivity contribution >= 4 is 12.0 Å². The molecule has 118 valence electrons. The molecule has 0 rings (SSSR count). The molecule has 0 spiro atoms. The van der Waals surface area contributed by atoms with Crippen molar-refractivity contribution in [3.8, 4) is 0 Å². The third kappa shape index (κ3) is 6.34. The Labute approximate surface area is 121 Å². The molecule has 6 nitrogen and oxygen atoms in total. The minimum Gasteiger partial charge on any atom is -0.442 e.